The van der Waals surface area contributed by atoms with Crippen molar-refractivity contribution in [3.05, 3.63) is 36.4 Å². The van der Waals surface area contributed by atoms with Crippen LogP contribution in [-0.2, 0) is 0 Å². The smallest absolute Gasteiger partial charge is 0.282 e. The number of anilines is 1. The minimum atomic E-state index is 0.140. The van der Waals surface area contributed by atoms with Crippen molar-refractivity contribution in [1.82, 2.24) is 25.1 Å². The van der Waals surface area contributed by atoms with Crippen LogP contribution in [0.25, 0.3) is 28.7 Å². The van der Waals surface area contributed by atoms with Crippen molar-refractivity contribution in [2.45, 2.75) is 0 Å². The van der Waals surface area contributed by atoms with E-state index < -0.39 is 0 Å². The van der Waals surface area contributed by atoms with Crippen molar-refractivity contribution >= 4 is 5.82 Å². The van der Waals surface area contributed by atoms with Gasteiger partial charge in [0.1, 0.15) is 11.5 Å². The van der Waals surface area contributed by atoms with Crippen LogP contribution in [-0.4, -0.2) is 46.1 Å². The Morgan fingerprint density at radius 2 is 1.77 bits per heavy atom. The highest BCUT2D eigenvalue weighted by molar-refractivity contribution is 5.68. The number of rotatable bonds is 5. The second kappa shape index (κ2) is 6.95. The fraction of sp³-hybridized carbons (Fsp3) is 0.158. The van der Waals surface area contributed by atoms with E-state index in [2.05, 4.69) is 20.5 Å². The molecule has 0 bridgehead atoms. The van der Waals surface area contributed by atoms with Crippen LogP contribution < -0.4 is 24.7 Å². The number of nitrogens with two attached hydrogens (primary N) is 1. The van der Waals surface area contributed by atoms with Crippen LogP contribution in [0.3, 0.4) is 0 Å². The van der Waals surface area contributed by atoms with Crippen molar-refractivity contribution in [3.63, 3.8) is 0 Å². The highest BCUT2D eigenvalue weighted by Crippen LogP contribution is 2.36. The zero-order valence-corrected chi connectivity index (χ0v) is 16.0. The molecule has 0 unspecified atom stereocenters. The Kier molecular flexibility index (Phi) is 4.12. The molecule has 0 spiro atoms. The summed E-state index contributed by atoms with van der Waals surface area (Å²) >= 11 is 0. The van der Waals surface area contributed by atoms with Crippen molar-refractivity contribution in [2.75, 3.05) is 26.7 Å². The number of hydrogen-bond donors (Lipinski definition) is 1. The third kappa shape index (κ3) is 2.92. The maximum absolute atomic E-state index is 6.26. The van der Waals surface area contributed by atoms with Gasteiger partial charge in [-0.1, -0.05) is 10.4 Å². The molecule has 2 aromatic carbocycles. The Morgan fingerprint density at radius 3 is 2.53 bits per heavy atom. The van der Waals surface area contributed by atoms with E-state index in [1.54, 1.807) is 44.6 Å². The Labute approximate surface area is 169 Å². The third-order valence-electron chi connectivity index (χ3n) is 4.55. The zero-order valence-electron chi connectivity index (χ0n) is 16.0. The Bertz CT molecular complexity index is 1210. The van der Waals surface area contributed by atoms with Crippen molar-refractivity contribution in [1.29, 1.82) is 0 Å². The van der Waals surface area contributed by atoms with E-state index in [-0.39, 0.29) is 24.2 Å². The Morgan fingerprint density at radius 1 is 1.00 bits per heavy atom. The first-order valence-corrected chi connectivity index (χ1v) is 8.85. The summed E-state index contributed by atoms with van der Waals surface area (Å²) in [6.45, 7) is 0.185. The average Bonchev–Trinajstić information content (AvgIpc) is 3.51. The molecule has 4 aromatic rings. The largest absolute Gasteiger partial charge is 0.497 e. The van der Waals surface area contributed by atoms with Gasteiger partial charge >= 0.3 is 0 Å². The minimum absolute atomic E-state index is 0.140. The molecule has 0 fully saturated rings. The molecule has 2 aromatic heterocycles. The van der Waals surface area contributed by atoms with E-state index in [1.807, 2.05) is 6.07 Å². The molecule has 30 heavy (non-hydrogen) atoms. The lowest BCUT2D eigenvalue weighted by Gasteiger charge is -2.08. The first-order valence-electron chi connectivity index (χ1n) is 8.85. The molecule has 1 aliphatic heterocycles. The normalized spacial score (nSPS) is 12.2. The van der Waals surface area contributed by atoms with Gasteiger partial charge in [-0.25, -0.2) is 0 Å². The molecule has 11 nitrogen and oxygen atoms in total. The summed E-state index contributed by atoms with van der Waals surface area (Å²) in [5.41, 5.74) is 7.84. The number of nitrogens with zero attached hydrogens (tertiary/aromatic N) is 5. The van der Waals surface area contributed by atoms with Gasteiger partial charge < -0.3 is 29.2 Å². The van der Waals surface area contributed by atoms with Crippen LogP contribution in [0.1, 0.15) is 0 Å². The first-order chi connectivity index (χ1) is 14.7. The van der Waals surface area contributed by atoms with Crippen LogP contribution >= 0.6 is 0 Å². The van der Waals surface area contributed by atoms with Gasteiger partial charge in [-0.3, -0.25) is 0 Å². The van der Waals surface area contributed by atoms with Gasteiger partial charge in [0, 0.05) is 23.8 Å². The van der Waals surface area contributed by atoms with Crippen molar-refractivity contribution < 1.29 is 23.5 Å². The van der Waals surface area contributed by atoms with Crippen molar-refractivity contribution in [2.24, 2.45) is 0 Å². The number of benzene rings is 2. The lowest BCUT2D eigenvalue weighted by atomic mass is 10.2. The van der Waals surface area contributed by atoms with Crippen LogP contribution in [0.4, 0.5) is 5.82 Å². The second-order valence-electron chi connectivity index (χ2n) is 6.30. The predicted octanol–water partition coefficient (Wildman–Crippen LogP) is 2.31. The van der Waals surface area contributed by atoms with Gasteiger partial charge in [0.15, 0.2) is 23.0 Å². The van der Waals surface area contributed by atoms with E-state index in [4.69, 9.17) is 29.2 Å². The molecule has 2 N–H and O–H groups in total. The maximum atomic E-state index is 6.26. The van der Waals surface area contributed by atoms with E-state index in [9.17, 15) is 0 Å². The van der Waals surface area contributed by atoms with E-state index in [0.717, 1.165) is 0 Å². The summed E-state index contributed by atoms with van der Waals surface area (Å²) in [4.78, 5) is 4.39. The van der Waals surface area contributed by atoms with E-state index in [1.165, 1.54) is 4.68 Å². The maximum Gasteiger partial charge on any atom is 0.282 e. The molecule has 0 radical (unpaired) electrons. The number of hydrogen-bond acceptors (Lipinski definition) is 10. The molecular formula is C19H16N6O5. The van der Waals surface area contributed by atoms with Gasteiger partial charge in [0.25, 0.3) is 5.89 Å². The summed E-state index contributed by atoms with van der Waals surface area (Å²) in [6, 6.07) is 10.6. The molecule has 0 saturated heterocycles. The number of fused-ring (bicyclic) bond motifs is 1. The molecular weight excluding hydrogens is 392 g/mol. The number of nitrogen functional groups attached to an aromatic ring is 1. The van der Waals surface area contributed by atoms with Crippen molar-refractivity contribution in [3.8, 4) is 51.7 Å². The fourth-order valence-corrected chi connectivity index (χ4v) is 3.02. The van der Waals surface area contributed by atoms with Crippen LogP contribution in [0.15, 0.2) is 40.9 Å². The molecule has 152 valence electrons. The second-order valence-corrected chi connectivity index (χ2v) is 6.30. The molecule has 1 aliphatic rings. The summed E-state index contributed by atoms with van der Waals surface area (Å²) in [5, 5.41) is 12.2. The summed E-state index contributed by atoms with van der Waals surface area (Å²) in [5.74, 6) is 3.19. The zero-order chi connectivity index (χ0) is 20.7. The predicted molar refractivity (Wildman–Crippen MR) is 104 cm³/mol. The number of methoxy groups -OCH3 is 2. The number of aromatic nitrogens is 5. The molecule has 5 rings (SSSR count). The quantitative estimate of drug-likeness (QED) is 0.524. The Balaban J connectivity index is 1.49. The van der Waals surface area contributed by atoms with Crippen LogP contribution in [0.5, 0.6) is 23.0 Å². The molecule has 0 aliphatic carbocycles. The van der Waals surface area contributed by atoms with E-state index >= 15 is 0 Å². The van der Waals surface area contributed by atoms with Gasteiger partial charge in [-0.2, -0.15) is 9.67 Å². The topological polar surface area (TPSA) is 133 Å². The summed E-state index contributed by atoms with van der Waals surface area (Å²) in [6.07, 6.45) is 0. The van der Waals surface area contributed by atoms with Crippen LogP contribution in [0.2, 0.25) is 0 Å². The fourth-order valence-electron chi connectivity index (χ4n) is 3.02. The van der Waals surface area contributed by atoms with Gasteiger partial charge in [-0.05, 0) is 18.2 Å². The highest BCUT2D eigenvalue weighted by atomic mass is 16.7. The summed E-state index contributed by atoms with van der Waals surface area (Å²) < 4.78 is 28.1. The summed E-state index contributed by atoms with van der Waals surface area (Å²) in [7, 11) is 3.12. The molecule has 0 amide bonds. The van der Waals surface area contributed by atoms with E-state index in [0.29, 0.717) is 40.1 Å². The SMILES string of the molecule is COc1cc(OC)cc(-n2nnc(-c3nc(-c4ccc5c(c4)OCO5)no3)c2N)c1. The third-order valence-corrected chi connectivity index (χ3v) is 4.55. The minimum Gasteiger partial charge on any atom is -0.497 e. The molecule has 3 heterocycles. The van der Waals surface area contributed by atoms with Gasteiger partial charge in [-0.15, -0.1) is 5.10 Å². The average molecular weight is 408 g/mol. The standard InChI is InChI=1S/C19H16N6O5/c1-26-12-6-11(7-13(8-12)27-2)25-17(20)16(22-24-25)19-21-18(23-30-19)10-3-4-14-15(5-10)29-9-28-14/h3-8H,9,20H2,1-2H3. The highest BCUT2D eigenvalue weighted by Gasteiger charge is 2.22. The van der Waals surface area contributed by atoms with Crippen LogP contribution in [0, 0.1) is 0 Å². The first kappa shape index (κ1) is 17.8. The van der Waals surface area contributed by atoms with Gasteiger partial charge in [0.2, 0.25) is 12.6 Å². The Hall–Kier alpha value is -4.28. The van der Waals surface area contributed by atoms with Gasteiger partial charge in [0.05, 0.1) is 19.9 Å². The molecule has 0 saturated carbocycles. The molecule has 11 heteroatoms. The number of ether oxygens (including phenoxy) is 4. The monoisotopic (exact) mass is 408 g/mol. The molecule has 0 atom stereocenters. The lowest BCUT2D eigenvalue weighted by molar-refractivity contribution is 0.174. The lowest BCUT2D eigenvalue weighted by Crippen LogP contribution is -2.03.